The second-order valence-electron chi connectivity index (χ2n) is 5.44. The molecule has 0 unspecified atom stereocenters. The Bertz CT molecular complexity index is 591. The quantitative estimate of drug-likeness (QED) is 0.557. The topological polar surface area (TPSA) is 3.24 Å². The molecular formula is C17H21NS2. The molecule has 0 spiro atoms. The fourth-order valence-electron chi connectivity index (χ4n) is 2.45. The molecule has 2 aromatic carbocycles. The summed E-state index contributed by atoms with van der Waals surface area (Å²) in [6.07, 6.45) is 0. The molecule has 0 atom stereocenters. The lowest BCUT2D eigenvalue weighted by Gasteiger charge is -2.32. The van der Waals surface area contributed by atoms with Crippen LogP contribution in [0.4, 0.5) is 0 Å². The first-order valence-corrected chi connectivity index (χ1v) is 8.21. The van der Waals surface area contributed by atoms with Gasteiger partial charge >= 0.3 is 0 Å². The molecule has 0 saturated carbocycles. The molecular weight excluding hydrogens is 282 g/mol. The summed E-state index contributed by atoms with van der Waals surface area (Å²) in [6, 6.07) is 15.7. The highest BCUT2D eigenvalue weighted by Gasteiger charge is 2.18. The van der Waals surface area contributed by atoms with E-state index in [0.29, 0.717) is 12.1 Å². The van der Waals surface area contributed by atoms with Crippen LogP contribution in [-0.2, 0) is 0 Å². The Morgan fingerprint density at radius 2 is 1.55 bits per heavy atom. The lowest BCUT2D eigenvalue weighted by atomic mass is 10.1. The van der Waals surface area contributed by atoms with Crippen LogP contribution in [0.2, 0.25) is 0 Å². The zero-order chi connectivity index (χ0) is 14.7. The number of thiocarbonyl (C=S) groups is 1. The molecule has 1 nitrogen and oxygen atoms in total. The van der Waals surface area contributed by atoms with E-state index < -0.39 is 0 Å². The fourth-order valence-corrected chi connectivity index (χ4v) is 4.30. The van der Waals surface area contributed by atoms with Gasteiger partial charge in [0.15, 0.2) is 0 Å². The van der Waals surface area contributed by atoms with Gasteiger partial charge in [-0.15, -0.1) is 0 Å². The lowest BCUT2D eigenvalue weighted by Crippen LogP contribution is -2.39. The molecule has 0 aliphatic rings. The molecule has 0 bridgehead atoms. The summed E-state index contributed by atoms with van der Waals surface area (Å²) < 4.78 is 0.950. The Morgan fingerprint density at radius 3 is 2.20 bits per heavy atom. The van der Waals surface area contributed by atoms with Crippen LogP contribution in [0.1, 0.15) is 27.7 Å². The van der Waals surface area contributed by atoms with E-state index >= 15 is 0 Å². The van der Waals surface area contributed by atoms with Crippen LogP contribution in [0.15, 0.2) is 47.4 Å². The molecule has 20 heavy (non-hydrogen) atoms. The highest BCUT2D eigenvalue weighted by Crippen LogP contribution is 2.30. The fraction of sp³-hybridized carbons (Fsp3) is 0.353. The van der Waals surface area contributed by atoms with E-state index in [1.807, 2.05) is 0 Å². The minimum absolute atomic E-state index is 0.421. The Labute approximate surface area is 131 Å². The maximum absolute atomic E-state index is 5.66. The van der Waals surface area contributed by atoms with Crippen molar-refractivity contribution in [1.29, 1.82) is 0 Å². The molecule has 0 aliphatic carbocycles. The van der Waals surface area contributed by atoms with Crippen molar-refractivity contribution in [3.63, 3.8) is 0 Å². The van der Waals surface area contributed by atoms with Crippen molar-refractivity contribution >= 4 is 39.1 Å². The maximum Gasteiger partial charge on any atom is 0.141 e. The monoisotopic (exact) mass is 303 g/mol. The second-order valence-corrected chi connectivity index (χ2v) is 7.12. The third kappa shape index (κ3) is 3.33. The Balaban J connectivity index is 2.30. The zero-order valence-electron chi connectivity index (χ0n) is 12.5. The Kier molecular flexibility index (Phi) is 5.06. The summed E-state index contributed by atoms with van der Waals surface area (Å²) in [7, 11) is 0. The van der Waals surface area contributed by atoms with Crippen molar-refractivity contribution in [1.82, 2.24) is 4.90 Å². The van der Waals surface area contributed by atoms with Crippen LogP contribution in [0, 0.1) is 0 Å². The Morgan fingerprint density at radius 1 is 0.950 bits per heavy atom. The molecule has 0 radical (unpaired) electrons. The van der Waals surface area contributed by atoms with E-state index in [1.165, 1.54) is 15.7 Å². The standard InChI is InChI=1S/C17H21NS2/c1-12(2)18(13(3)4)17(19)20-16-11-7-9-14-8-5-6-10-15(14)16/h5-13H,1-4H3. The number of rotatable bonds is 3. The van der Waals surface area contributed by atoms with Crippen LogP contribution in [0.5, 0.6) is 0 Å². The molecule has 2 rings (SSSR count). The lowest BCUT2D eigenvalue weighted by molar-refractivity contribution is 0.303. The van der Waals surface area contributed by atoms with Crippen LogP contribution >= 0.6 is 24.0 Å². The summed E-state index contributed by atoms with van der Waals surface area (Å²) in [4.78, 5) is 3.53. The minimum Gasteiger partial charge on any atom is -0.352 e. The van der Waals surface area contributed by atoms with E-state index in [4.69, 9.17) is 12.2 Å². The maximum atomic E-state index is 5.66. The predicted octanol–water partition coefficient (Wildman–Crippen LogP) is 5.34. The number of benzene rings is 2. The van der Waals surface area contributed by atoms with Crippen molar-refractivity contribution in [2.45, 2.75) is 44.7 Å². The van der Waals surface area contributed by atoms with Crippen LogP contribution < -0.4 is 0 Å². The van der Waals surface area contributed by atoms with Gasteiger partial charge in [-0.2, -0.15) is 0 Å². The second kappa shape index (κ2) is 6.59. The molecule has 2 aromatic rings. The predicted molar refractivity (Wildman–Crippen MR) is 94.5 cm³/mol. The SMILES string of the molecule is CC(C)N(C(=S)Sc1cccc2ccccc12)C(C)C. The number of hydrogen-bond donors (Lipinski definition) is 0. The van der Waals surface area contributed by atoms with Gasteiger partial charge in [-0.05, 0) is 44.5 Å². The molecule has 106 valence electrons. The van der Waals surface area contributed by atoms with Gasteiger partial charge in [-0.3, -0.25) is 0 Å². The van der Waals surface area contributed by atoms with Crippen LogP contribution in [-0.4, -0.2) is 21.3 Å². The first kappa shape index (κ1) is 15.3. The molecule has 0 amide bonds. The number of nitrogens with zero attached hydrogens (tertiary/aromatic N) is 1. The largest absolute Gasteiger partial charge is 0.352 e. The van der Waals surface area contributed by atoms with Gasteiger partial charge in [0.05, 0.1) is 0 Å². The van der Waals surface area contributed by atoms with Gasteiger partial charge in [0, 0.05) is 17.0 Å². The average Bonchev–Trinajstić information content (AvgIpc) is 2.38. The number of thioether (sulfide) groups is 1. The summed E-state index contributed by atoms with van der Waals surface area (Å²) in [5, 5.41) is 2.54. The van der Waals surface area contributed by atoms with Crippen molar-refractivity contribution in [3.05, 3.63) is 42.5 Å². The summed E-state index contributed by atoms with van der Waals surface area (Å²) in [5.41, 5.74) is 0. The molecule has 3 heteroatoms. The molecule has 0 aliphatic heterocycles. The van der Waals surface area contributed by atoms with Crippen LogP contribution in [0.3, 0.4) is 0 Å². The van der Waals surface area contributed by atoms with Gasteiger partial charge in [0.1, 0.15) is 4.32 Å². The summed E-state index contributed by atoms with van der Waals surface area (Å²) in [5.74, 6) is 0. The van der Waals surface area contributed by atoms with E-state index in [-0.39, 0.29) is 0 Å². The average molecular weight is 303 g/mol. The summed E-state index contributed by atoms with van der Waals surface area (Å²) >= 11 is 7.36. The third-order valence-corrected chi connectivity index (χ3v) is 4.69. The van der Waals surface area contributed by atoms with Gasteiger partial charge in [-0.1, -0.05) is 60.4 Å². The van der Waals surface area contributed by atoms with E-state index in [2.05, 4.69) is 75.1 Å². The number of hydrogen-bond acceptors (Lipinski definition) is 2. The van der Waals surface area contributed by atoms with Gasteiger partial charge in [0.2, 0.25) is 0 Å². The van der Waals surface area contributed by atoms with Gasteiger partial charge < -0.3 is 4.90 Å². The van der Waals surface area contributed by atoms with E-state index in [0.717, 1.165) is 4.32 Å². The van der Waals surface area contributed by atoms with Gasteiger partial charge in [-0.25, -0.2) is 0 Å². The first-order valence-electron chi connectivity index (χ1n) is 6.98. The van der Waals surface area contributed by atoms with Crippen molar-refractivity contribution < 1.29 is 0 Å². The Hall–Kier alpha value is -1.06. The van der Waals surface area contributed by atoms with Gasteiger partial charge in [0.25, 0.3) is 0 Å². The molecule has 0 fully saturated rings. The third-order valence-electron chi connectivity index (χ3n) is 3.27. The van der Waals surface area contributed by atoms with E-state index in [1.54, 1.807) is 11.8 Å². The molecule has 0 heterocycles. The smallest absolute Gasteiger partial charge is 0.141 e. The minimum atomic E-state index is 0.421. The highest BCUT2D eigenvalue weighted by atomic mass is 32.2. The van der Waals surface area contributed by atoms with Crippen molar-refractivity contribution in [2.75, 3.05) is 0 Å². The normalized spacial score (nSPS) is 11.3. The summed E-state index contributed by atoms with van der Waals surface area (Å²) in [6.45, 7) is 8.76. The molecule has 0 saturated heterocycles. The van der Waals surface area contributed by atoms with Crippen LogP contribution in [0.25, 0.3) is 10.8 Å². The molecule has 0 N–H and O–H groups in total. The molecule has 0 aromatic heterocycles. The van der Waals surface area contributed by atoms with Crippen molar-refractivity contribution in [3.8, 4) is 0 Å². The van der Waals surface area contributed by atoms with Crippen molar-refractivity contribution in [2.24, 2.45) is 0 Å². The first-order chi connectivity index (χ1) is 9.50. The zero-order valence-corrected chi connectivity index (χ0v) is 14.1. The number of fused-ring (bicyclic) bond motifs is 1. The van der Waals surface area contributed by atoms with E-state index in [9.17, 15) is 0 Å². The highest BCUT2D eigenvalue weighted by molar-refractivity contribution is 8.23.